The summed E-state index contributed by atoms with van der Waals surface area (Å²) in [7, 11) is 3.71. The van der Waals surface area contributed by atoms with Gasteiger partial charge in [0.2, 0.25) is 0 Å². The number of aromatic nitrogens is 4. The van der Waals surface area contributed by atoms with E-state index in [9.17, 15) is 0 Å². The number of hydrogen-bond donors (Lipinski definition) is 2. The Balaban J connectivity index is 0.00000225. The van der Waals surface area contributed by atoms with Crippen molar-refractivity contribution in [1.82, 2.24) is 30.0 Å². The van der Waals surface area contributed by atoms with Crippen LogP contribution in [0.15, 0.2) is 41.8 Å². The molecule has 148 valence electrons. The van der Waals surface area contributed by atoms with Crippen molar-refractivity contribution in [2.75, 3.05) is 32.0 Å². The molecule has 0 bridgehead atoms. The lowest BCUT2D eigenvalue weighted by Crippen LogP contribution is -2.45. The number of aryl methyl sites for hydroxylation is 1. The van der Waals surface area contributed by atoms with Crippen LogP contribution in [0, 0.1) is 0 Å². The average molecular weight is 492 g/mol. The molecule has 0 saturated heterocycles. The van der Waals surface area contributed by atoms with Crippen molar-refractivity contribution in [3.63, 3.8) is 0 Å². The molecule has 0 fully saturated rings. The van der Waals surface area contributed by atoms with Crippen molar-refractivity contribution < 1.29 is 0 Å². The maximum atomic E-state index is 4.45. The molecule has 0 radical (unpaired) electrons. The number of aliphatic imine (C=N–C) groups is 1. The molecule has 1 aliphatic rings. The number of anilines is 1. The summed E-state index contributed by atoms with van der Waals surface area (Å²) in [5.74, 6) is 1.73. The summed E-state index contributed by atoms with van der Waals surface area (Å²) in [6.45, 7) is 3.35. The van der Waals surface area contributed by atoms with Crippen LogP contribution >= 0.6 is 24.0 Å². The van der Waals surface area contributed by atoms with Crippen LogP contribution in [0.2, 0.25) is 0 Å². The average Bonchev–Trinajstić information content (AvgIpc) is 3.09. The molecular formula is C19H25IN8. The molecule has 9 heteroatoms. The van der Waals surface area contributed by atoms with E-state index in [4.69, 9.17) is 0 Å². The van der Waals surface area contributed by atoms with Gasteiger partial charge in [-0.05, 0) is 17.5 Å². The van der Waals surface area contributed by atoms with Crippen LogP contribution in [-0.2, 0) is 20.0 Å². The Morgan fingerprint density at radius 1 is 1.18 bits per heavy atom. The van der Waals surface area contributed by atoms with E-state index in [-0.39, 0.29) is 24.0 Å². The quantitative estimate of drug-likeness (QED) is 0.251. The van der Waals surface area contributed by atoms with Crippen LogP contribution in [-0.4, -0.2) is 57.3 Å². The largest absolute Gasteiger partial charge is 0.368 e. The number of hydrogen-bond acceptors (Lipinski definition) is 5. The molecule has 0 atom stereocenters. The van der Waals surface area contributed by atoms with Gasteiger partial charge < -0.3 is 15.5 Å². The number of halogens is 1. The Hall–Kier alpha value is -2.43. The summed E-state index contributed by atoms with van der Waals surface area (Å²) in [4.78, 5) is 15.3. The molecule has 2 N–H and O–H groups in total. The third-order valence-corrected chi connectivity index (χ3v) is 4.87. The molecule has 8 nitrogen and oxygen atoms in total. The lowest BCUT2D eigenvalue weighted by Gasteiger charge is -2.31. The molecule has 1 aliphatic heterocycles. The van der Waals surface area contributed by atoms with Crippen LogP contribution in [0.25, 0.3) is 11.0 Å². The Morgan fingerprint density at radius 2 is 2.00 bits per heavy atom. The minimum Gasteiger partial charge on any atom is -0.368 e. The zero-order valence-corrected chi connectivity index (χ0v) is 18.4. The second-order valence-corrected chi connectivity index (χ2v) is 6.57. The van der Waals surface area contributed by atoms with Crippen molar-refractivity contribution in [3.05, 3.63) is 47.9 Å². The van der Waals surface area contributed by atoms with Crippen LogP contribution in [0.1, 0.15) is 11.1 Å². The fourth-order valence-corrected chi connectivity index (χ4v) is 3.47. The molecule has 28 heavy (non-hydrogen) atoms. The van der Waals surface area contributed by atoms with E-state index in [2.05, 4.69) is 59.9 Å². The lowest BCUT2D eigenvalue weighted by molar-refractivity contribution is 0.379. The molecule has 0 aliphatic carbocycles. The lowest BCUT2D eigenvalue weighted by atomic mass is 10.0. The summed E-state index contributed by atoms with van der Waals surface area (Å²) >= 11 is 0. The molecule has 2 aromatic heterocycles. The summed E-state index contributed by atoms with van der Waals surface area (Å²) in [5.41, 5.74) is 3.64. The molecular weight excluding hydrogens is 467 g/mol. The van der Waals surface area contributed by atoms with Gasteiger partial charge >= 0.3 is 0 Å². The number of nitrogens with zero attached hydrogens (tertiary/aromatic N) is 6. The third kappa shape index (κ3) is 4.18. The highest BCUT2D eigenvalue weighted by Gasteiger charge is 2.18. The Morgan fingerprint density at radius 3 is 2.82 bits per heavy atom. The predicted molar refractivity (Wildman–Crippen MR) is 122 cm³/mol. The minimum absolute atomic E-state index is 0. The second kappa shape index (κ2) is 9.18. The SMILES string of the molecule is CN=C(NCCNc1ncnc2c1cnn2C)N1CCc2ccccc2C1.I. The third-order valence-electron chi connectivity index (χ3n) is 4.87. The van der Waals surface area contributed by atoms with Crippen molar-refractivity contribution in [3.8, 4) is 0 Å². The minimum atomic E-state index is 0. The van der Waals surface area contributed by atoms with E-state index >= 15 is 0 Å². The first-order valence-corrected chi connectivity index (χ1v) is 9.15. The normalized spacial score (nSPS) is 13.8. The van der Waals surface area contributed by atoms with E-state index < -0.39 is 0 Å². The first-order valence-electron chi connectivity index (χ1n) is 9.15. The molecule has 0 unspecified atom stereocenters. The van der Waals surface area contributed by atoms with Crippen LogP contribution in [0.3, 0.4) is 0 Å². The highest BCUT2D eigenvalue weighted by atomic mass is 127. The van der Waals surface area contributed by atoms with Gasteiger partial charge in [0.05, 0.1) is 11.6 Å². The van der Waals surface area contributed by atoms with Crippen LogP contribution in [0.4, 0.5) is 5.82 Å². The molecule has 1 aromatic carbocycles. The predicted octanol–water partition coefficient (Wildman–Crippen LogP) is 2.03. The summed E-state index contributed by atoms with van der Waals surface area (Å²) in [6.07, 6.45) is 4.40. The molecule has 0 amide bonds. The second-order valence-electron chi connectivity index (χ2n) is 6.57. The Kier molecular flexibility index (Phi) is 6.65. The van der Waals surface area contributed by atoms with Crippen molar-refractivity contribution in [2.45, 2.75) is 13.0 Å². The molecule has 3 aromatic rings. The highest BCUT2D eigenvalue weighted by Crippen LogP contribution is 2.19. The smallest absolute Gasteiger partial charge is 0.194 e. The van der Waals surface area contributed by atoms with Crippen LogP contribution < -0.4 is 10.6 Å². The fourth-order valence-electron chi connectivity index (χ4n) is 3.47. The monoisotopic (exact) mass is 492 g/mol. The van der Waals surface area contributed by atoms with Gasteiger partial charge in [-0.15, -0.1) is 24.0 Å². The Labute approximate surface area is 181 Å². The van der Waals surface area contributed by atoms with Crippen molar-refractivity contribution in [1.29, 1.82) is 0 Å². The van der Waals surface area contributed by atoms with Crippen molar-refractivity contribution in [2.24, 2.45) is 12.0 Å². The molecule has 3 heterocycles. The summed E-state index contributed by atoms with van der Waals surface area (Å²) < 4.78 is 1.75. The zero-order valence-electron chi connectivity index (χ0n) is 16.1. The van der Waals surface area contributed by atoms with Gasteiger partial charge in [0.15, 0.2) is 11.6 Å². The maximum Gasteiger partial charge on any atom is 0.194 e. The van der Waals surface area contributed by atoms with E-state index in [1.807, 2.05) is 14.1 Å². The van der Waals surface area contributed by atoms with Crippen molar-refractivity contribution >= 4 is 46.8 Å². The Bertz CT molecular complexity index is 967. The van der Waals surface area contributed by atoms with Gasteiger partial charge in [0, 0.05) is 40.3 Å². The van der Waals surface area contributed by atoms with E-state index in [0.29, 0.717) is 0 Å². The number of fused-ring (bicyclic) bond motifs is 2. The van der Waals surface area contributed by atoms with E-state index in [1.54, 1.807) is 17.2 Å². The van der Waals surface area contributed by atoms with Gasteiger partial charge in [-0.1, -0.05) is 24.3 Å². The van der Waals surface area contributed by atoms with Gasteiger partial charge in [0.25, 0.3) is 0 Å². The summed E-state index contributed by atoms with van der Waals surface area (Å²) in [5, 5.41) is 12.0. The standard InChI is InChI=1S/C19H24N8.HI/c1-20-19(27-10-7-14-5-3-4-6-15(14)12-27)22-9-8-21-17-16-11-25-26(2)18(16)24-13-23-17;/h3-6,11,13H,7-10,12H2,1-2H3,(H,20,22)(H,21,23,24);1H. The van der Waals surface area contributed by atoms with Gasteiger partial charge in [-0.3, -0.25) is 9.67 Å². The van der Waals surface area contributed by atoms with Gasteiger partial charge in [-0.25, -0.2) is 9.97 Å². The van der Waals surface area contributed by atoms with E-state index in [1.165, 1.54) is 11.1 Å². The first-order chi connectivity index (χ1) is 13.3. The number of rotatable bonds is 4. The summed E-state index contributed by atoms with van der Waals surface area (Å²) in [6, 6.07) is 8.63. The fraction of sp³-hybridized carbons (Fsp3) is 0.368. The number of nitrogens with one attached hydrogen (secondary N) is 2. The van der Waals surface area contributed by atoms with Crippen LogP contribution in [0.5, 0.6) is 0 Å². The maximum absolute atomic E-state index is 4.45. The number of guanidine groups is 1. The molecule has 0 spiro atoms. The van der Waals surface area contributed by atoms with E-state index in [0.717, 1.165) is 55.4 Å². The first kappa shape index (κ1) is 20.3. The topological polar surface area (TPSA) is 83.3 Å². The highest BCUT2D eigenvalue weighted by molar-refractivity contribution is 14.0. The van der Waals surface area contributed by atoms with Gasteiger partial charge in [-0.2, -0.15) is 5.10 Å². The number of benzene rings is 1. The van der Waals surface area contributed by atoms with Gasteiger partial charge in [0.1, 0.15) is 12.1 Å². The zero-order chi connectivity index (χ0) is 18.6. The molecule has 0 saturated carbocycles. The molecule has 4 rings (SSSR count).